The summed E-state index contributed by atoms with van der Waals surface area (Å²) in [4.78, 5) is 16.0. The Morgan fingerprint density at radius 1 is 1.04 bits per heavy atom. The smallest absolute Gasteiger partial charge is 0.306 e. The van der Waals surface area contributed by atoms with E-state index >= 15 is 0 Å². The predicted molar refractivity (Wildman–Crippen MR) is 97.2 cm³/mol. The fourth-order valence-electron chi connectivity index (χ4n) is 3.98. The van der Waals surface area contributed by atoms with Crippen LogP contribution in [0.4, 0.5) is 11.4 Å². The van der Waals surface area contributed by atoms with Gasteiger partial charge in [-0.3, -0.25) is 9.69 Å². The van der Waals surface area contributed by atoms with Crippen molar-refractivity contribution in [2.75, 3.05) is 43.4 Å². The van der Waals surface area contributed by atoms with Crippen molar-refractivity contribution in [2.24, 2.45) is 11.8 Å². The first-order valence-electron chi connectivity index (χ1n) is 9.17. The van der Waals surface area contributed by atoms with Crippen molar-refractivity contribution in [1.82, 2.24) is 4.90 Å². The van der Waals surface area contributed by atoms with Crippen LogP contribution in [0.5, 0.6) is 0 Å². The Labute approximate surface area is 144 Å². The van der Waals surface area contributed by atoms with E-state index in [1.807, 2.05) is 12.1 Å². The van der Waals surface area contributed by atoms with Gasteiger partial charge in [0.1, 0.15) is 0 Å². The number of carboxylic acid groups (broad SMARTS) is 1. The molecule has 24 heavy (non-hydrogen) atoms. The normalized spacial score (nSPS) is 25.6. The topological polar surface area (TPSA) is 69.8 Å². The van der Waals surface area contributed by atoms with Gasteiger partial charge in [-0.15, -0.1) is 0 Å². The van der Waals surface area contributed by atoms with Crippen LogP contribution in [0.2, 0.25) is 0 Å². The molecule has 1 aliphatic heterocycles. The lowest BCUT2D eigenvalue weighted by Crippen LogP contribution is -2.47. The third-order valence-corrected chi connectivity index (χ3v) is 5.68. The van der Waals surface area contributed by atoms with Crippen LogP contribution in [-0.4, -0.2) is 48.7 Å². The van der Waals surface area contributed by atoms with E-state index in [1.54, 1.807) is 0 Å². The van der Waals surface area contributed by atoms with Crippen LogP contribution >= 0.6 is 0 Å². The second-order valence-corrected chi connectivity index (χ2v) is 7.26. The summed E-state index contributed by atoms with van der Waals surface area (Å²) in [5.41, 5.74) is 7.83. The number of carbonyl (C=O) groups is 1. The summed E-state index contributed by atoms with van der Waals surface area (Å²) in [6.07, 6.45) is 5.12. The lowest BCUT2D eigenvalue weighted by Gasteiger charge is -2.37. The van der Waals surface area contributed by atoms with Crippen LogP contribution < -0.4 is 10.6 Å². The predicted octanol–water partition coefficient (Wildman–Crippen LogP) is 2.67. The Bertz CT molecular complexity index is 530. The number of nitrogens with zero attached hydrogens (tertiary/aromatic N) is 2. The van der Waals surface area contributed by atoms with E-state index in [2.05, 4.69) is 21.9 Å². The van der Waals surface area contributed by atoms with E-state index in [1.165, 1.54) is 12.1 Å². The third kappa shape index (κ3) is 4.41. The van der Waals surface area contributed by atoms with Gasteiger partial charge < -0.3 is 15.7 Å². The molecule has 2 fully saturated rings. The molecule has 0 amide bonds. The molecule has 0 unspecified atom stereocenters. The highest BCUT2D eigenvalue weighted by molar-refractivity contribution is 5.69. The van der Waals surface area contributed by atoms with Gasteiger partial charge in [0.2, 0.25) is 0 Å². The third-order valence-electron chi connectivity index (χ3n) is 5.68. The van der Waals surface area contributed by atoms with Crippen molar-refractivity contribution in [1.29, 1.82) is 0 Å². The molecule has 2 aliphatic rings. The first-order chi connectivity index (χ1) is 11.6. The van der Waals surface area contributed by atoms with E-state index < -0.39 is 5.97 Å². The molecule has 0 atom stereocenters. The molecule has 0 bridgehead atoms. The van der Waals surface area contributed by atoms with Crippen LogP contribution in [0.15, 0.2) is 24.3 Å². The van der Waals surface area contributed by atoms with Crippen molar-refractivity contribution in [3.05, 3.63) is 24.3 Å². The number of carboxylic acids is 1. The zero-order valence-electron chi connectivity index (χ0n) is 14.4. The van der Waals surface area contributed by atoms with E-state index in [9.17, 15) is 4.79 Å². The zero-order valence-corrected chi connectivity index (χ0v) is 14.4. The molecular formula is C19H29N3O2. The summed E-state index contributed by atoms with van der Waals surface area (Å²) in [7, 11) is 0. The lowest BCUT2D eigenvalue weighted by molar-refractivity contribution is -0.143. The van der Waals surface area contributed by atoms with Crippen LogP contribution in [0, 0.1) is 11.8 Å². The van der Waals surface area contributed by atoms with Gasteiger partial charge >= 0.3 is 5.97 Å². The molecule has 5 nitrogen and oxygen atoms in total. The number of rotatable bonds is 5. The Balaban J connectivity index is 1.37. The summed E-state index contributed by atoms with van der Waals surface area (Å²) in [5.74, 6) is 0.0210. The fraction of sp³-hybridized carbons (Fsp3) is 0.632. The van der Waals surface area contributed by atoms with Gasteiger partial charge in [-0.25, -0.2) is 0 Å². The number of nitrogens with two attached hydrogens (primary N) is 1. The van der Waals surface area contributed by atoms with Gasteiger partial charge in [0.25, 0.3) is 0 Å². The maximum Gasteiger partial charge on any atom is 0.306 e. The Hall–Kier alpha value is -1.75. The van der Waals surface area contributed by atoms with E-state index in [0.29, 0.717) is 0 Å². The van der Waals surface area contributed by atoms with Crippen LogP contribution in [0.25, 0.3) is 0 Å². The van der Waals surface area contributed by atoms with Crippen LogP contribution in [-0.2, 0) is 4.79 Å². The SMILES string of the molecule is Nc1ccc(N2CCN(CCC3CCC(C(=O)O)CC3)CC2)cc1. The molecule has 5 heteroatoms. The van der Waals surface area contributed by atoms with Crippen molar-refractivity contribution in [3.63, 3.8) is 0 Å². The van der Waals surface area contributed by atoms with Crippen molar-refractivity contribution in [2.45, 2.75) is 32.1 Å². The highest BCUT2D eigenvalue weighted by Crippen LogP contribution is 2.31. The van der Waals surface area contributed by atoms with Gasteiger partial charge in [-0.1, -0.05) is 0 Å². The monoisotopic (exact) mass is 331 g/mol. The molecule has 1 saturated heterocycles. The number of hydrogen-bond acceptors (Lipinski definition) is 4. The molecule has 1 aromatic rings. The van der Waals surface area contributed by atoms with Crippen LogP contribution in [0.3, 0.4) is 0 Å². The van der Waals surface area contributed by atoms with Gasteiger partial charge in [0, 0.05) is 37.6 Å². The summed E-state index contributed by atoms with van der Waals surface area (Å²) in [5, 5.41) is 9.07. The molecule has 0 aromatic heterocycles. The van der Waals surface area contributed by atoms with E-state index in [4.69, 9.17) is 10.8 Å². The minimum Gasteiger partial charge on any atom is -0.481 e. The Kier molecular flexibility index (Phi) is 5.61. The molecule has 1 heterocycles. The summed E-state index contributed by atoms with van der Waals surface area (Å²) in [6, 6.07) is 8.14. The molecule has 1 aromatic carbocycles. The fourth-order valence-corrected chi connectivity index (χ4v) is 3.98. The largest absolute Gasteiger partial charge is 0.481 e. The summed E-state index contributed by atoms with van der Waals surface area (Å²) < 4.78 is 0. The second kappa shape index (κ2) is 7.88. The van der Waals surface area contributed by atoms with Crippen molar-refractivity contribution < 1.29 is 9.90 Å². The number of benzene rings is 1. The minimum absolute atomic E-state index is 0.0929. The summed E-state index contributed by atoms with van der Waals surface area (Å²) >= 11 is 0. The molecule has 3 N–H and O–H groups in total. The standard InChI is InChI=1S/C19H29N3O2/c20-17-5-7-18(8-6-17)22-13-11-21(12-14-22)10-9-15-1-3-16(4-2-15)19(23)24/h5-8,15-16H,1-4,9-14,20H2,(H,23,24). The Morgan fingerprint density at radius 2 is 1.67 bits per heavy atom. The van der Waals surface area contributed by atoms with Crippen molar-refractivity contribution >= 4 is 17.3 Å². The first kappa shape index (κ1) is 17.1. The summed E-state index contributed by atoms with van der Waals surface area (Å²) in [6.45, 7) is 5.49. The average molecular weight is 331 g/mol. The second-order valence-electron chi connectivity index (χ2n) is 7.26. The zero-order chi connectivity index (χ0) is 16.9. The first-order valence-corrected chi connectivity index (χ1v) is 9.17. The molecule has 0 radical (unpaired) electrons. The maximum atomic E-state index is 11.0. The molecule has 1 aliphatic carbocycles. The highest BCUT2D eigenvalue weighted by Gasteiger charge is 2.26. The molecular weight excluding hydrogens is 302 g/mol. The molecule has 132 valence electrons. The number of hydrogen-bond donors (Lipinski definition) is 2. The maximum absolute atomic E-state index is 11.0. The number of anilines is 2. The van der Waals surface area contributed by atoms with E-state index in [0.717, 1.165) is 70.0 Å². The average Bonchev–Trinajstić information content (AvgIpc) is 2.61. The van der Waals surface area contributed by atoms with E-state index in [-0.39, 0.29) is 5.92 Å². The van der Waals surface area contributed by atoms with Crippen molar-refractivity contribution in [3.8, 4) is 0 Å². The van der Waals surface area contributed by atoms with Gasteiger partial charge in [0.05, 0.1) is 5.92 Å². The van der Waals surface area contributed by atoms with Gasteiger partial charge in [-0.2, -0.15) is 0 Å². The number of nitrogen functional groups attached to an aromatic ring is 1. The van der Waals surface area contributed by atoms with Gasteiger partial charge in [-0.05, 0) is 68.8 Å². The number of aliphatic carboxylic acids is 1. The Morgan fingerprint density at radius 3 is 2.25 bits per heavy atom. The minimum atomic E-state index is -0.604. The molecule has 3 rings (SSSR count). The highest BCUT2D eigenvalue weighted by atomic mass is 16.4. The lowest BCUT2D eigenvalue weighted by atomic mass is 9.80. The van der Waals surface area contributed by atoms with Crippen LogP contribution in [0.1, 0.15) is 32.1 Å². The quantitative estimate of drug-likeness (QED) is 0.812. The molecule has 0 spiro atoms. The molecule has 1 saturated carbocycles. The number of piperazine rings is 1. The van der Waals surface area contributed by atoms with Gasteiger partial charge in [0.15, 0.2) is 0 Å².